The van der Waals surface area contributed by atoms with E-state index in [2.05, 4.69) is 25.6 Å². The second kappa shape index (κ2) is 11.5. The molecule has 11 heteroatoms. The van der Waals surface area contributed by atoms with Gasteiger partial charge in [-0.25, -0.2) is 15.0 Å². The first-order valence-corrected chi connectivity index (χ1v) is 13.6. The van der Waals surface area contributed by atoms with Crippen LogP contribution in [0.3, 0.4) is 0 Å². The van der Waals surface area contributed by atoms with Crippen molar-refractivity contribution < 1.29 is 4.79 Å². The molecular formula is C29H28N8O2S. The van der Waals surface area contributed by atoms with E-state index in [1.54, 1.807) is 29.1 Å². The number of rotatable bonds is 8. The number of nitrogens with zero attached hydrogens (tertiary/aromatic N) is 5. The third-order valence-corrected chi connectivity index (χ3v) is 7.08. The number of amides is 1. The van der Waals surface area contributed by atoms with Gasteiger partial charge in [-0.15, -0.1) is 11.3 Å². The maximum atomic E-state index is 13.9. The molecule has 1 amide bonds. The van der Waals surface area contributed by atoms with Crippen molar-refractivity contribution >= 4 is 51.1 Å². The van der Waals surface area contributed by atoms with E-state index in [9.17, 15) is 9.59 Å². The topological polar surface area (TPSA) is 141 Å². The molecule has 1 atom stereocenters. The fraction of sp³-hybridized carbons (Fsp3) is 0.172. The van der Waals surface area contributed by atoms with Crippen molar-refractivity contribution in [3.05, 3.63) is 99.2 Å². The summed E-state index contributed by atoms with van der Waals surface area (Å²) in [6.07, 6.45) is 5.22. The fourth-order valence-electron chi connectivity index (χ4n) is 4.49. The Balaban J connectivity index is 1.59. The van der Waals surface area contributed by atoms with Gasteiger partial charge in [-0.05, 0) is 50.1 Å². The number of aromatic nitrogens is 5. The van der Waals surface area contributed by atoms with Crippen molar-refractivity contribution in [3.8, 4) is 5.69 Å². The molecule has 10 nitrogen and oxygen atoms in total. The number of anilines is 3. The highest BCUT2D eigenvalue weighted by Crippen LogP contribution is 2.28. The molecule has 0 saturated heterocycles. The van der Waals surface area contributed by atoms with Crippen molar-refractivity contribution in [2.45, 2.75) is 33.2 Å². The third kappa shape index (κ3) is 5.45. The summed E-state index contributed by atoms with van der Waals surface area (Å²) in [5.74, 6) is 0.701. The van der Waals surface area contributed by atoms with Crippen LogP contribution in [0.15, 0.2) is 71.0 Å². The molecule has 3 heterocycles. The van der Waals surface area contributed by atoms with E-state index in [0.717, 1.165) is 5.56 Å². The average Bonchev–Trinajstić information content (AvgIpc) is 3.44. The summed E-state index contributed by atoms with van der Waals surface area (Å²) in [5.41, 5.74) is 9.23. The minimum atomic E-state index is -0.428. The first-order valence-electron chi connectivity index (χ1n) is 12.7. The molecule has 5 aromatic rings. The standard InChI is InChI=1S/C29H28N8O2S/c1-4-21(26-34-22-12-8-9-17(2)24(22)27(39)37(26)19-10-6-5-7-11-19)33-25-20(18(3)32-28(30)36-25)13-14-23(38)35-29-31-15-16-40-29/h5-16,21H,4H2,1-3H3,(H,31,35,38)(H3,30,32,33,36). The van der Waals surface area contributed by atoms with Crippen LogP contribution in [0.5, 0.6) is 0 Å². The van der Waals surface area contributed by atoms with Gasteiger partial charge in [0.25, 0.3) is 5.56 Å². The van der Waals surface area contributed by atoms with E-state index in [0.29, 0.717) is 51.0 Å². The molecule has 0 spiro atoms. The van der Waals surface area contributed by atoms with E-state index in [1.165, 1.54) is 17.4 Å². The van der Waals surface area contributed by atoms with Crippen molar-refractivity contribution in [2.75, 3.05) is 16.4 Å². The summed E-state index contributed by atoms with van der Waals surface area (Å²) < 4.78 is 1.64. The average molecular weight is 553 g/mol. The molecule has 1 unspecified atom stereocenters. The molecule has 2 aromatic carbocycles. The van der Waals surface area contributed by atoms with Crippen LogP contribution in [0.2, 0.25) is 0 Å². The van der Waals surface area contributed by atoms with Gasteiger partial charge in [-0.3, -0.25) is 19.5 Å². The van der Waals surface area contributed by atoms with Gasteiger partial charge >= 0.3 is 0 Å². The summed E-state index contributed by atoms with van der Waals surface area (Å²) in [5, 5.41) is 9.01. The first-order chi connectivity index (χ1) is 19.4. The van der Waals surface area contributed by atoms with Crippen LogP contribution in [-0.4, -0.2) is 30.4 Å². The number of hydrogen-bond acceptors (Lipinski definition) is 9. The van der Waals surface area contributed by atoms with Crippen LogP contribution >= 0.6 is 11.3 Å². The zero-order valence-corrected chi connectivity index (χ0v) is 23.1. The highest BCUT2D eigenvalue weighted by atomic mass is 32.1. The van der Waals surface area contributed by atoms with Crippen LogP contribution < -0.4 is 21.9 Å². The summed E-state index contributed by atoms with van der Waals surface area (Å²) in [6, 6.07) is 14.7. The Hall–Kier alpha value is -4.90. The van der Waals surface area contributed by atoms with Crippen molar-refractivity contribution in [2.24, 2.45) is 0 Å². The number of para-hydroxylation sites is 1. The molecule has 202 valence electrons. The van der Waals surface area contributed by atoms with Gasteiger partial charge in [-0.1, -0.05) is 37.3 Å². The second-order valence-corrected chi connectivity index (χ2v) is 10.0. The highest BCUT2D eigenvalue weighted by molar-refractivity contribution is 7.13. The van der Waals surface area contributed by atoms with Gasteiger partial charge in [0.2, 0.25) is 11.9 Å². The van der Waals surface area contributed by atoms with E-state index in [4.69, 9.17) is 10.7 Å². The van der Waals surface area contributed by atoms with E-state index >= 15 is 0 Å². The van der Waals surface area contributed by atoms with Crippen molar-refractivity contribution in [3.63, 3.8) is 0 Å². The Bertz CT molecular complexity index is 1770. The summed E-state index contributed by atoms with van der Waals surface area (Å²) in [6.45, 7) is 5.69. The second-order valence-electron chi connectivity index (χ2n) is 9.11. The van der Waals surface area contributed by atoms with Crippen LogP contribution in [0, 0.1) is 13.8 Å². The molecular weight excluding hydrogens is 524 g/mol. The third-order valence-electron chi connectivity index (χ3n) is 6.39. The maximum absolute atomic E-state index is 13.9. The van der Waals surface area contributed by atoms with Gasteiger partial charge < -0.3 is 11.1 Å². The van der Waals surface area contributed by atoms with Crippen LogP contribution in [0.4, 0.5) is 16.9 Å². The van der Waals surface area contributed by atoms with Crippen LogP contribution in [0.1, 0.15) is 42.0 Å². The van der Waals surface area contributed by atoms with E-state index in [-0.39, 0.29) is 17.4 Å². The molecule has 5 rings (SSSR count). The van der Waals surface area contributed by atoms with Gasteiger partial charge in [0.15, 0.2) is 5.13 Å². The lowest BCUT2D eigenvalue weighted by Gasteiger charge is -2.23. The Labute approximate surface area is 234 Å². The van der Waals surface area contributed by atoms with Gasteiger partial charge in [0, 0.05) is 23.2 Å². The molecule has 0 fully saturated rings. The molecule has 40 heavy (non-hydrogen) atoms. The Morgan fingerprint density at radius 3 is 2.62 bits per heavy atom. The molecule has 0 radical (unpaired) electrons. The summed E-state index contributed by atoms with van der Waals surface area (Å²) in [4.78, 5) is 44.2. The number of nitrogens with two attached hydrogens (primary N) is 1. The van der Waals surface area contributed by atoms with Crippen molar-refractivity contribution in [1.29, 1.82) is 0 Å². The molecule has 4 N–H and O–H groups in total. The maximum Gasteiger partial charge on any atom is 0.266 e. The molecule has 0 aliphatic heterocycles. The number of nitrogen functional groups attached to an aromatic ring is 1. The smallest absolute Gasteiger partial charge is 0.266 e. The molecule has 0 aliphatic rings. The zero-order chi connectivity index (χ0) is 28.2. The number of aryl methyl sites for hydroxylation is 2. The Kier molecular flexibility index (Phi) is 7.65. The number of fused-ring (bicyclic) bond motifs is 1. The van der Waals surface area contributed by atoms with Gasteiger partial charge in [0.1, 0.15) is 11.6 Å². The molecule has 0 saturated carbocycles. The normalized spacial score (nSPS) is 12.1. The zero-order valence-electron chi connectivity index (χ0n) is 22.3. The number of hydrogen-bond donors (Lipinski definition) is 3. The number of carbonyl (C=O) groups is 1. The van der Waals surface area contributed by atoms with Crippen LogP contribution in [0.25, 0.3) is 22.7 Å². The van der Waals surface area contributed by atoms with E-state index < -0.39 is 6.04 Å². The van der Waals surface area contributed by atoms with E-state index in [1.807, 2.05) is 62.4 Å². The number of carbonyl (C=O) groups excluding carboxylic acids is 1. The molecule has 0 bridgehead atoms. The fourth-order valence-corrected chi connectivity index (χ4v) is 5.02. The Morgan fingerprint density at radius 2 is 1.90 bits per heavy atom. The lowest BCUT2D eigenvalue weighted by Crippen LogP contribution is -2.29. The quantitative estimate of drug-likeness (QED) is 0.227. The van der Waals surface area contributed by atoms with Gasteiger partial charge in [-0.2, -0.15) is 4.98 Å². The number of nitrogens with one attached hydrogen (secondary N) is 2. The lowest BCUT2D eigenvalue weighted by atomic mass is 10.1. The molecule has 3 aromatic heterocycles. The van der Waals surface area contributed by atoms with Gasteiger partial charge in [0.05, 0.1) is 28.3 Å². The lowest BCUT2D eigenvalue weighted by molar-refractivity contribution is -0.111. The summed E-state index contributed by atoms with van der Waals surface area (Å²) in [7, 11) is 0. The minimum Gasteiger partial charge on any atom is -0.368 e. The number of thiazole rings is 1. The van der Waals surface area contributed by atoms with Crippen molar-refractivity contribution in [1.82, 2.24) is 24.5 Å². The predicted octanol–water partition coefficient (Wildman–Crippen LogP) is 5.05. The largest absolute Gasteiger partial charge is 0.368 e. The monoisotopic (exact) mass is 552 g/mol. The first kappa shape index (κ1) is 26.7. The number of benzene rings is 2. The van der Waals surface area contributed by atoms with Crippen LogP contribution in [-0.2, 0) is 4.79 Å². The highest BCUT2D eigenvalue weighted by Gasteiger charge is 2.23. The molecule has 0 aliphatic carbocycles. The summed E-state index contributed by atoms with van der Waals surface area (Å²) >= 11 is 1.33. The minimum absolute atomic E-state index is 0.0850. The Morgan fingerprint density at radius 1 is 1.10 bits per heavy atom. The SMILES string of the molecule is CCC(Nc1nc(N)nc(C)c1C=CC(=O)Nc1nccs1)c1nc2cccc(C)c2c(=O)n1-c1ccccc1. The predicted molar refractivity (Wildman–Crippen MR) is 160 cm³/mol.